The number of hydrogen-bond donors (Lipinski definition) is 1. The lowest BCUT2D eigenvalue weighted by molar-refractivity contribution is -0.127. The van der Waals surface area contributed by atoms with Crippen molar-refractivity contribution in [3.63, 3.8) is 0 Å². The molecule has 142 valence electrons. The molecular weight excluding hydrogens is 338 g/mol. The van der Waals surface area contributed by atoms with E-state index < -0.39 is 11.6 Å². The van der Waals surface area contributed by atoms with Crippen molar-refractivity contribution >= 4 is 11.8 Å². The van der Waals surface area contributed by atoms with Gasteiger partial charge in [0.25, 0.3) is 5.91 Å². The fraction of sp³-hybridized carbons (Fsp3) is 0.600. The summed E-state index contributed by atoms with van der Waals surface area (Å²) in [5.74, 6) is -2.58. The summed E-state index contributed by atoms with van der Waals surface area (Å²) in [5.41, 5.74) is 0.119. The number of hydrogen-bond acceptors (Lipinski definition) is 2. The second-order valence-electron chi connectivity index (χ2n) is 7.42. The second kappa shape index (κ2) is 8.60. The zero-order chi connectivity index (χ0) is 18.5. The number of nitrogens with zero attached hydrogens (tertiary/aromatic N) is 1. The monoisotopic (exact) mass is 364 g/mol. The van der Waals surface area contributed by atoms with Crippen LogP contribution in [0.5, 0.6) is 0 Å². The van der Waals surface area contributed by atoms with Crippen molar-refractivity contribution < 1.29 is 18.4 Å². The van der Waals surface area contributed by atoms with E-state index in [1.54, 1.807) is 4.90 Å². The van der Waals surface area contributed by atoms with E-state index in [1.165, 1.54) is 18.9 Å². The number of carbonyl (C=O) groups excluding carboxylic acids is 2. The standard InChI is InChI=1S/C20H26F2N2O2/c21-17-10-9-14(12-18(17)22)20(26)24-11-5-6-15(13-24)19(25)23-16-7-3-1-2-4-8-16/h9-10,12,15-16H,1-8,11,13H2,(H,23,25)/t15-/m1/s1. The first-order chi connectivity index (χ1) is 12.5. The molecule has 0 radical (unpaired) electrons. The van der Waals surface area contributed by atoms with Gasteiger partial charge in [-0.25, -0.2) is 8.78 Å². The highest BCUT2D eigenvalue weighted by atomic mass is 19.2. The van der Waals surface area contributed by atoms with Gasteiger partial charge in [0.2, 0.25) is 5.91 Å². The van der Waals surface area contributed by atoms with E-state index in [0.29, 0.717) is 13.1 Å². The molecule has 1 atom stereocenters. The summed E-state index contributed by atoms with van der Waals surface area (Å²) < 4.78 is 26.5. The minimum absolute atomic E-state index is 0.0136. The summed E-state index contributed by atoms with van der Waals surface area (Å²) in [5, 5.41) is 3.16. The van der Waals surface area contributed by atoms with Crippen LogP contribution in [0.3, 0.4) is 0 Å². The SMILES string of the molecule is O=C(NC1CCCCCC1)[C@@H]1CCCN(C(=O)c2ccc(F)c(F)c2)C1. The molecule has 0 spiro atoms. The van der Waals surface area contributed by atoms with Crippen LogP contribution >= 0.6 is 0 Å². The van der Waals surface area contributed by atoms with E-state index in [-0.39, 0.29) is 29.3 Å². The summed E-state index contributed by atoms with van der Waals surface area (Å²) >= 11 is 0. The van der Waals surface area contributed by atoms with Crippen molar-refractivity contribution in [2.75, 3.05) is 13.1 Å². The number of piperidine rings is 1. The average Bonchev–Trinajstić information content (AvgIpc) is 2.92. The third-order valence-corrected chi connectivity index (χ3v) is 5.45. The Balaban J connectivity index is 1.60. The maximum Gasteiger partial charge on any atom is 0.253 e. The first kappa shape index (κ1) is 18.8. The van der Waals surface area contributed by atoms with Gasteiger partial charge in [0.15, 0.2) is 11.6 Å². The largest absolute Gasteiger partial charge is 0.353 e. The second-order valence-corrected chi connectivity index (χ2v) is 7.42. The van der Waals surface area contributed by atoms with E-state index in [4.69, 9.17) is 0 Å². The molecule has 26 heavy (non-hydrogen) atoms. The Labute approximate surface area is 152 Å². The molecule has 1 heterocycles. The van der Waals surface area contributed by atoms with Crippen LogP contribution in [0.4, 0.5) is 8.78 Å². The number of carbonyl (C=O) groups is 2. The highest BCUT2D eigenvalue weighted by Crippen LogP contribution is 2.22. The molecule has 1 N–H and O–H groups in total. The number of nitrogens with one attached hydrogen (secondary N) is 1. The van der Waals surface area contributed by atoms with Gasteiger partial charge in [-0.2, -0.15) is 0 Å². The van der Waals surface area contributed by atoms with Crippen LogP contribution in [0.1, 0.15) is 61.7 Å². The van der Waals surface area contributed by atoms with Gasteiger partial charge in [-0.05, 0) is 43.9 Å². The van der Waals surface area contributed by atoms with Crippen molar-refractivity contribution in [1.29, 1.82) is 0 Å². The van der Waals surface area contributed by atoms with Crippen molar-refractivity contribution in [2.24, 2.45) is 5.92 Å². The smallest absolute Gasteiger partial charge is 0.253 e. The Hall–Kier alpha value is -1.98. The number of rotatable bonds is 3. The van der Waals surface area contributed by atoms with E-state index in [9.17, 15) is 18.4 Å². The van der Waals surface area contributed by atoms with Gasteiger partial charge in [-0.3, -0.25) is 9.59 Å². The molecule has 2 fully saturated rings. The predicted molar refractivity (Wildman–Crippen MR) is 94.6 cm³/mol. The highest BCUT2D eigenvalue weighted by molar-refractivity contribution is 5.94. The fourth-order valence-electron chi connectivity index (χ4n) is 3.93. The Bertz CT molecular complexity index is 657. The topological polar surface area (TPSA) is 49.4 Å². The maximum absolute atomic E-state index is 13.4. The zero-order valence-corrected chi connectivity index (χ0v) is 15.0. The third-order valence-electron chi connectivity index (χ3n) is 5.45. The molecule has 1 saturated heterocycles. The summed E-state index contributed by atoms with van der Waals surface area (Å²) in [6.07, 6.45) is 8.29. The molecule has 0 aromatic heterocycles. The fourth-order valence-corrected chi connectivity index (χ4v) is 3.93. The molecule has 1 aromatic rings. The first-order valence-electron chi connectivity index (χ1n) is 9.59. The van der Waals surface area contributed by atoms with Crippen molar-refractivity contribution in [3.8, 4) is 0 Å². The Morgan fingerprint density at radius 3 is 2.38 bits per heavy atom. The van der Waals surface area contributed by atoms with Crippen LogP contribution in [0.15, 0.2) is 18.2 Å². The molecule has 1 aliphatic heterocycles. The number of benzene rings is 1. The summed E-state index contributed by atoms with van der Waals surface area (Å²) in [6, 6.07) is 3.41. The van der Waals surface area contributed by atoms with Crippen LogP contribution in [0.2, 0.25) is 0 Å². The Morgan fingerprint density at radius 2 is 1.69 bits per heavy atom. The molecule has 0 bridgehead atoms. The van der Waals surface area contributed by atoms with E-state index >= 15 is 0 Å². The molecule has 1 aliphatic carbocycles. The molecular formula is C20H26F2N2O2. The third kappa shape index (κ3) is 4.59. The lowest BCUT2D eigenvalue weighted by atomic mass is 9.95. The first-order valence-corrected chi connectivity index (χ1v) is 9.59. The quantitative estimate of drug-likeness (QED) is 0.832. The van der Waals surface area contributed by atoms with Gasteiger partial charge in [-0.15, -0.1) is 0 Å². The van der Waals surface area contributed by atoms with Gasteiger partial charge >= 0.3 is 0 Å². The lowest BCUT2D eigenvalue weighted by Gasteiger charge is -2.33. The van der Waals surface area contributed by atoms with Crippen LogP contribution in [-0.2, 0) is 4.79 Å². The van der Waals surface area contributed by atoms with Gasteiger partial charge in [-0.1, -0.05) is 25.7 Å². The molecule has 1 saturated carbocycles. The van der Waals surface area contributed by atoms with Crippen LogP contribution < -0.4 is 5.32 Å². The van der Waals surface area contributed by atoms with Crippen molar-refractivity contribution in [2.45, 2.75) is 57.4 Å². The molecule has 0 unspecified atom stereocenters. The molecule has 6 heteroatoms. The van der Waals surface area contributed by atoms with E-state index in [1.807, 2.05) is 0 Å². The summed E-state index contributed by atoms with van der Waals surface area (Å²) in [6.45, 7) is 0.863. The molecule has 1 aromatic carbocycles. The van der Waals surface area contributed by atoms with Crippen LogP contribution in [0.25, 0.3) is 0 Å². The normalized spacial score (nSPS) is 21.9. The summed E-state index contributed by atoms with van der Waals surface area (Å²) in [4.78, 5) is 26.8. The number of likely N-dealkylation sites (tertiary alicyclic amines) is 1. The molecule has 4 nitrogen and oxygen atoms in total. The van der Waals surface area contributed by atoms with Gasteiger partial charge in [0.05, 0.1) is 5.92 Å². The number of halogens is 2. The maximum atomic E-state index is 13.4. The highest BCUT2D eigenvalue weighted by Gasteiger charge is 2.30. The van der Waals surface area contributed by atoms with E-state index in [0.717, 1.165) is 50.7 Å². The van der Waals surface area contributed by atoms with Gasteiger partial charge < -0.3 is 10.2 Å². The van der Waals surface area contributed by atoms with Crippen molar-refractivity contribution in [3.05, 3.63) is 35.4 Å². The minimum Gasteiger partial charge on any atom is -0.353 e. The number of amides is 2. The molecule has 2 aliphatic rings. The lowest BCUT2D eigenvalue weighted by Crippen LogP contribution is -2.47. The van der Waals surface area contributed by atoms with Crippen LogP contribution in [-0.4, -0.2) is 35.8 Å². The summed E-state index contributed by atoms with van der Waals surface area (Å²) in [7, 11) is 0. The predicted octanol–water partition coefficient (Wildman–Crippen LogP) is 3.66. The van der Waals surface area contributed by atoms with Gasteiger partial charge in [0.1, 0.15) is 0 Å². The van der Waals surface area contributed by atoms with Crippen LogP contribution in [0, 0.1) is 17.6 Å². The minimum atomic E-state index is -1.03. The van der Waals surface area contributed by atoms with Crippen molar-refractivity contribution in [1.82, 2.24) is 10.2 Å². The molecule has 2 amide bonds. The van der Waals surface area contributed by atoms with E-state index in [2.05, 4.69) is 5.32 Å². The Morgan fingerprint density at radius 1 is 0.962 bits per heavy atom. The average molecular weight is 364 g/mol. The van der Waals surface area contributed by atoms with Gasteiger partial charge in [0, 0.05) is 24.7 Å². The zero-order valence-electron chi connectivity index (χ0n) is 15.0. The molecule has 3 rings (SSSR count). The Kier molecular flexibility index (Phi) is 6.22.